The molecule has 2 aromatic carbocycles. The topological polar surface area (TPSA) is 381 Å². The van der Waals surface area contributed by atoms with Crippen LogP contribution in [0.1, 0.15) is 60.8 Å². The fourth-order valence-corrected chi connectivity index (χ4v) is 9.87. The number of aliphatic hydroxyl groups is 2. The second kappa shape index (κ2) is 22.2. The van der Waals surface area contributed by atoms with Gasteiger partial charge in [0.1, 0.15) is 36.3 Å². The van der Waals surface area contributed by atoms with Crippen LogP contribution in [0.5, 0.6) is 0 Å². The van der Waals surface area contributed by atoms with Crippen LogP contribution in [0, 0.1) is 5.41 Å². The number of aromatic nitrogens is 4. The number of benzene rings is 2. The van der Waals surface area contributed by atoms with Gasteiger partial charge in [-0.25, -0.2) is 28.6 Å². The minimum Gasteiger partial charge on any atom is -0.386 e. The lowest BCUT2D eigenvalue weighted by Crippen LogP contribution is -2.46. The number of hydrogen-bond donors (Lipinski definition) is 9. The van der Waals surface area contributed by atoms with Crippen LogP contribution < -0.4 is 16.4 Å². The molecule has 3 heterocycles. The number of imidazole rings is 1. The summed E-state index contributed by atoms with van der Waals surface area (Å²) in [5.41, 5.74) is 5.86. The van der Waals surface area contributed by atoms with Crippen molar-refractivity contribution in [2.45, 2.75) is 63.8 Å². The van der Waals surface area contributed by atoms with Crippen LogP contribution in [0.4, 0.5) is 5.82 Å². The average Bonchev–Trinajstić information content (AvgIpc) is 3.82. The number of fused-ring (bicyclic) bond motifs is 1. The van der Waals surface area contributed by atoms with E-state index in [4.69, 9.17) is 19.5 Å². The molecule has 1 fully saturated rings. The standard InChI is InChI=1S/C37H48N7O18P3S/c1-21(23-10-7-11-24(16-23)28(46)22-8-5-4-6-9-22)36(50)66-15-14-39-26(45)12-13-40-34(49)31(48)37(2,3)18-59-65(56,57)62-64(54,55)58-17-25-30(61-63(51,52)53)29(47)35(60-25)44-20-43-27-32(38)41-19-42-33(27)44/h4-11,16,19-21,25,29-31,35,47-48H,12-15,17-18H2,1-3H3,(H,39,45)(H,40,49)(H,54,55)(H,56,57)(H2,38,41,42)(H2,51,52,53)/t21?,25-,29-,30-,31+,35-/m1/s1. The van der Waals surface area contributed by atoms with E-state index in [1.807, 2.05) is 0 Å². The van der Waals surface area contributed by atoms with Crippen molar-refractivity contribution in [3.63, 3.8) is 0 Å². The maximum atomic E-state index is 12.9. The molecular formula is C37H48N7O18P3S. The molecule has 29 heteroatoms. The molecule has 3 unspecified atom stereocenters. The van der Waals surface area contributed by atoms with Gasteiger partial charge in [-0.2, -0.15) is 4.31 Å². The molecule has 360 valence electrons. The van der Waals surface area contributed by atoms with Gasteiger partial charge in [0.15, 0.2) is 28.6 Å². The Morgan fingerprint density at radius 2 is 1.62 bits per heavy atom. The quantitative estimate of drug-likeness (QED) is 0.0290. The zero-order valence-corrected chi connectivity index (χ0v) is 38.8. The van der Waals surface area contributed by atoms with Gasteiger partial charge in [0.2, 0.25) is 11.8 Å². The van der Waals surface area contributed by atoms with Crippen molar-refractivity contribution in [2.75, 3.05) is 37.8 Å². The summed E-state index contributed by atoms with van der Waals surface area (Å²) in [4.78, 5) is 102. The van der Waals surface area contributed by atoms with Crippen molar-refractivity contribution in [2.24, 2.45) is 5.41 Å². The van der Waals surface area contributed by atoms with Gasteiger partial charge in [-0.15, -0.1) is 0 Å². The van der Waals surface area contributed by atoms with E-state index in [0.29, 0.717) is 16.7 Å². The molecule has 2 amide bonds. The van der Waals surface area contributed by atoms with E-state index in [-0.39, 0.29) is 53.1 Å². The van der Waals surface area contributed by atoms with E-state index in [0.717, 1.165) is 29.0 Å². The minimum atomic E-state index is -5.60. The lowest BCUT2D eigenvalue weighted by atomic mass is 9.87. The SMILES string of the molecule is CC(C(=O)SCCNC(=O)CCNC(=O)[C@H](O)C(C)(C)COP(=O)(O)OP(=O)(O)OC[C@H]1O[C@@H](n2cnc3c(N)ncnc32)[C@H](O)[C@@H]1OP(=O)(O)O)c1cccc(C(=O)c2ccccc2)c1. The van der Waals surface area contributed by atoms with Crippen molar-refractivity contribution >= 4 is 74.9 Å². The van der Waals surface area contributed by atoms with Crippen LogP contribution in [-0.2, 0) is 50.7 Å². The molecule has 1 aliphatic heterocycles. The molecule has 25 nitrogen and oxygen atoms in total. The molecule has 66 heavy (non-hydrogen) atoms. The van der Waals surface area contributed by atoms with Gasteiger partial charge in [-0.05, 0) is 11.6 Å². The highest BCUT2D eigenvalue weighted by Crippen LogP contribution is 2.61. The first-order valence-electron chi connectivity index (χ1n) is 19.6. The van der Waals surface area contributed by atoms with Crippen molar-refractivity contribution < 1.29 is 85.3 Å². The maximum Gasteiger partial charge on any atom is 0.481 e. The third kappa shape index (κ3) is 14.3. The van der Waals surface area contributed by atoms with Gasteiger partial charge in [0, 0.05) is 41.8 Å². The second-order valence-electron chi connectivity index (χ2n) is 15.3. The van der Waals surface area contributed by atoms with E-state index in [1.165, 1.54) is 13.8 Å². The average molecular weight is 1000 g/mol. The first kappa shape index (κ1) is 52.6. The molecule has 10 N–H and O–H groups in total. The summed E-state index contributed by atoms with van der Waals surface area (Å²) in [5, 5.41) is 26.4. The molecule has 8 atom stereocenters. The summed E-state index contributed by atoms with van der Waals surface area (Å²) in [7, 11) is -16.5. The molecule has 0 bridgehead atoms. The predicted molar refractivity (Wildman–Crippen MR) is 232 cm³/mol. The first-order valence-corrected chi connectivity index (χ1v) is 25.1. The molecule has 0 aliphatic carbocycles. The van der Waals surface area contributed by atoms with Gasteiger partial charge in [-0.1, -0.05) is 81.1 Å². The maximum absolute atomic E-state index is 12.9. The number of nitrogens with one attached hydrogen (secondary N) is 2. The van der Waals surface area contributed by atoms with E-state index in [1.54, 1.807) is 61.5 Å². The summed E-state index contributed by atoms with van der Waals surface area (Å²) in [6.07, 6.45) is -7.07. The van der Waals surface area contributed by atoms with E-state index < -0.39 is 90.5 Å². The number of phosphoric ester groups is 3. The Kier molecular flexibility index (Phi) is 17.7. The lowest BCUT2D eigenvalue weighted by molar-refractivity contribution is -0.137. The summed E-state index contributed by atoms with van der Waals surface area (Å²) in [6.45, 7) is 2.02. The predicted octanol–water partition coefficient (Wildman–Crippen LogP) is 1.70. The number of hydrogen-bond acceptors (Lipinski definition) is 19. The Labute approximate surface area is 380 Å². The Hall–Kier alpha value is -4.33. The summed E-state index contributed by atoms with van der Waals surface area (Å²) < 4.78 is 62.4. The van der Waals surface area contributed by atoms with Crippen LogP contribution in [0.3, 0.4) is 0 Å². The molecule has 5 rings (SSSR count). The number of carbonyl (C=O) groups excluding carboxylic acids is 4. The smallest absolute Gasteiger partial charge is 0.386 e. The largest absolute Gasteiger partial charge is 0.481 e. The Bertz CT molecular complexity index is 2530. The Morgan fingerprint density at radius 1 is 0.939 bits per heavy atom. The number of nitrogen functional groups attached to an aromatic ring is 1. The number of nitrogens with zero attached hydrogens (tertiary/aromatic N) is 4. The van der Waals surface area contributed by atoms with Crippen molar-refractivity contribution in [3.05, 3.63) is 83.9 Å². The summed E-state index contributed by atoms with van der Waals surface area (Å²) in [6, 6.07) is 15.6. The van der Waals surface area contributed by atoms with Gasteiger partial charge in [-0.3, -0.25) is 37.3 Å². The molecule has 2 aromatic heterocycles. The highest BCUT2D eigenvalue weighted by molar-refractivity contribution is 8.13. The normalized spacial score (nSPS) is 20.5. The molecular weight excluding hydrogens is 955 g/mol. The number of amides is 2. The third-order valence-corrected chi connectivity index (χ3v) is 13.9. The summed E-state index contributed by atoms with van der Waals surface area (Å²) in [5.74, 6) is -2.01. The van der Waals surface area contributed by atoms with E-state index >= 15 is 0 Å². The van der Waals surface area contributed by atoms with Gasteiger partial charge >= 0.3 is 23.5 Å². The second-order valence-corrected chi connectivity index (χ2v) is 20.6. The number of ether oxygens (including phenoxy) is 1. The molecule has 1 saturated heterocycles. The fourth-order valence-electron chi connectivity index (χ4n) is 6.25. The van der Waals surface area contributed by atoms with E-state index in [2.05, 4.69) is 34.4 Å². The zero-order valence-electron chi connectivity index (χ0n) is 35.3. The number of nitrogens with two attached hydrogens (primary N) is 1. The Balaban J connectivity index is 1.02. The van der Waals surface area contributed by atoms with Crippen LogP contribution >= 0.6 is 35.2 Å². The highest BCUT2D eigenvalue weighted by Gasteiger charge is 2.50. The molecule has 0 spiro atoms. The molecule has 1 aliphatic rings. The highest BCUT2D eigenvalue weighted by atomic mass is 32.2. The number of aliphatic hydroxyl groups excluding tert-OH is 2. The Morgan fingerprint density at radius 3 is 2.32 bits per heavy atom. The van der Waals surface area contributed by atoms with Crippen LogP contribution in [-0.4, -0.2) is 128 Å². The number of phosphoric acid groups is 3. The molecule has 0 radical (unpaired) electrons. The van der Waals surface area contributed by atoms with Crippen molar-refractivity contribution in [1.82, 2.24) is 30.2 Å². The monoisotopic (exact) mass is 1000 g/mol. The number of thioether (sulfide) groups is 1. The van der Waals surface area contributed by atoms with E-state index in [9.17, 15) is 62.7 Å². The first-order chi connectivity index (χ1) is 30.9. The number of carbonyl (C=O) groups is 4. The number of ketones is 1. The minimum absolute atomic E-state index is 0.0222. The number of rotatable bonds is 23. The fraction of sp³-hybridized carbons (Fsp3) is 0.432. The molecule has 4 aromatic rings. The van der Waals surface area contributed by atoms with Crippen molar-refractivity contribution in [3.8, 4) is 0 Å². The van der Waals surface area contributed by atoms with Gasteiger partial charge < -0.3 is 50.9 Å². The van der Waals surface area contributed by atoms with Gasteiger partial charge in [0.25, 0.3) is 0 Å². The molecule has 0 saturated carbocycles. The summed E-state index contributed by atoms with van der Waals surface area (Å²) >= 11 is 0.999. The van der Waals surface area contributed by atoms with Crippen LogP contribution in [0.2, 0.25) is 0 Å². The van der Waals surface area contributed by atoms with Gasteiger partial charge in [0.05, 0.1) is 25.5 Å². The van der Waals surface area contributed by atoms with Crippen LogP contribution in [0.25, 0.3) is 11.2 Å². The van der Waals surface area contributed by atoms with Crippen molar-refractivity contribution in [1.29, 1.82) is 0 Å². The van der Waals surface area contributed by atoms with Crippen LogP contribution in [0.15, 0.2) is 67.3 Å². The number of anilines is 1. The lowest BCUT2D eigenvalue weighted by Gasteiger charge is -2.30. The third-order valence-electron chi connectivity index (χ3n) is 9.78. The zero-order chi connectivity index (χ0) is 48.6.